The van der Waals surface area contributed by atoms with Gasteiger partial charge in [0.15, 0.2) is 0 Å². The van der Waals surface area contributed by atoms with Crippen LogP contribution >= 0.6 is 12.4 Å². The molecular weight excluding hydrogens is 272 g/mol. The monoisotopic (exact) mass is 294 g/mol. The van der Waals surface area contributed by atoms with E-state index in [0.717, 1.165) is 44.0 Å². The highest BCUT2D eigenvalue weighted by Crippen LogP contribution is 2.30. The third-order valence-electron chi connectivity index (χ3n) is 4.02. The highest BCUT2D eigenvalue weighted by molar-refractivity contribution is 5.95. The SMILES string of the molecule is CCCN(CC1CC1)C(=O)c1ccc2c(c1)CCN2.Cl. The third-order valence-corrected chi connectivity index (χ3v) is 4.02. The Bertz CT molecular complexity index is 485. The molecule has 0 unspecified atom stereocenters. The number of hydrogen-bond donors (Lipinski definition) is 1. The van der Waals surface area contributed by atoms with E-state index in [2.05, 4.69) is 24.4 Å². The number of amides is 1. The summed E-state index contributed by atoms with van der Waals surface area (Å²) >= 11 is 0. The minimum atomic E-state index is 0. The second kappa shape index (κ2) is 6.49. The van der Waals surface area contributed by atoms with Gasteiger partial charge in [0, 0.05) is 30.9 Å². The summed E-state index contributed by atoms with van der Waals surface area (Å²) in [5.41, 5.74) is 3.34. The van der Waals surface area contributed by atoms with Crippen molar-refractivity contribution in [2.75, 3.05) is 25.0 Å². The molecule has 1 aliphatic heterocycles. The summed E-state index contributed by atoms with van der Waals surface area (Å²) in [6.07, 6.45) is 4.65. The molecule has 0 saturated heterocycles. The van der Waals surface area contributed by atoms with Gasteiger partial charge in [0.25, 0.3) is 5.91 Å². The minimum absolute atomic E-state index is 0. The van der Waals surface area contributed by atoms with Gasteiger partial charge in [0.2, 0.25) is 0 Å². The first-order valence-electron chi connectivity index (χ1n) is 7.44. The van der Waals surface area contributed by atoms with E-state index < -0.39 is 0 Å². The second-order valence-corrected chi connectivity index (χ2v) is 5.74. The van der Waals surface area contributed by atoms with Gasteiger partial charge in [-0.1, -0.05) is 6.92 Å². The Kier molecular flexibility index (Phi) is 4.92. The highest BCUT2D eigenvalue weighted by Gasteiger charge is 2.27. The molecule has 1 saturated carbocycles. The maximum Gasteiger partial charge on any atom is 0.253 e. The van der Waals surface area contributed by atoms with Gasteiger partial charge in [-0.3, -0.25) is 4.79 Å². The first kappa shape index (κ1) is 15.2. The summed E-state index contributed by atoms with van der Waals surface area (Å²) in [5.74, 6) is 0.968. The number of rotatable bonds is 5. The van der Waals surface area contributed by atoms with Crippen molar-refractivity contribution in [1.82, 2.24) is 4.90 Å². The molecule has 1 fully saturated rings. The van der Waals surface area contributed by atoms with Crippen LogP contribution < -0.4 is 5.32 Å². The number of carbonyl (C=O) groups is 1. The Labute approximate surface area is 127 Å². The zero-order valence-electron chi connectivity index (χ0n) is 12.0. The Balaban J connectivity index is 0.00000147. The summed E-state index contributed by atoms with van der Waals surface area (Å²) in [4.78, 5) is 14.6. The largest absolute Gasteiger partial charge is 0.384 e. The molecule has 1 aliphatic carbocycles. The third kappa shape index (κ3) is 3.26. The van der Waals surface area contributed by atoms with Crippen molar-refractivity contribution in [1.29, 1.82) is 0 Å². The van der Waals surface area contributed by atoms with E-state index >= 15 is 0 Å². The first-order valence-corrected chi connectivity index (χ1v) is 7.44. The number of nitrogens with zero attached hydrogens (tertiary/aromatic N) is 1. The normalized spacial score (nSPS) is 16.1. The summed E-state index contributed by atoms with van der Waals surface area (Å²) in [5, 5.41) is 3.34. The average molecular weight is 295 g/mol. The van der Waals surface area contributed by atoms with E-state index in [4.69, 9.17) is 0 Å². The zero-order chi connectivity index (χ0) is 13.2. The molecule has 20 heavy (non-hydrogen) atoms. The summed E-state index contributed by atoms with van der Waals surface area (Å²) in [6.45, 7) is 4.96. The molecule has 0 aromatic heterocycles. The van der Waals surface area contributed by atoms with Crippen LogP contribution in [-0.4, -0.2) is 30.4 Å². The number of fused-ring (bicyclic) bond motifs is 1. The van der Waals surface area contributed by atoms with Crippen LogP contribution in [0.3, 0.4) is 0 Å². The van der Waals surface area contributed by atoms with Gasteiger partial charge in [0.05, 0.1) is 0 Å². The van der Waals surface area contributed by atoms with Crippen LogP contribution in [0.2, 0.25) is 0 Å². The van der Waals surface area contributed by atoms with E-state index in [9.17, 15) is 4.79 Å². The van der Waals surface area contributed by atoms with Gasteiger partial charge < -0.3 is 10.2 Å². The van der Waals surface area contributed by atoms with E-state index in [0.29, 0.717) is 0 Å². The molecule has 3 rings (SSSR count). The van der Waals surface area contributed by atoms with Gasteiger partial charge in [-0.2, -0.15) is 0 Å². The fraction of sp³-hybridized carbons (Fsp3) is 0.562. The molecule has 4 heteroatoms. The lowest BCUT2D eigenvalue weighted by atomic mass is 10.1. The van der Waals surface area contributed by atoms with Gasteiger partial charge in [-0.15, -0.1) is 12.4 Å². The van der Waals surface area contributed by atoms with Crippen molar-refractivity contribution in [3.63, 3.8) is 0 Å². The summed E-state index contributed by atoms with van der Waals surface area (Å²) in [6, 6.07) is 6.10. The molecule has 3 nitrogen and oxygen atoms in total. The van der Waals surface area contributed by atoms with Crippen LogP contribution in [0.15, 0.2) is 18.2 Å². The quantitative estimate of drug-likeness (QED) is 0.903. The Morgan fingerprint density at radius 1 is 1.40 bits per heavy atom. The standard InChI is InChI=1S/C16H22N2O.ClH/c1-2-9-18(11-12-3-4-12)16(19)14-5-6-15-13(10-14)7-8-17-15;/h5-6,10,12,17H,2-4,7-9,11H2,1H3;1H. The maximum atomic E-state index is 12.6. The van der Waals surface area contributed by atoms with Gasteiger partial charge in [-0.05, 0) is 55.4 Å². The van der Waals surface area contributed by atoms with Crippen LogP contribution in [-0.2, 0) is 6.42 Å². The Morgan fingerprint density at radius 2 is 2.20 bits per heavy atom. The fourth-order valence-corrected chi connectivity index (χ4v) is 2.78. The van der Waals surface area contributed by atoms with Crippen molar-refractivity contribution in [3.8, 4) is 0 Å². The second-order valence-electron chi connectivity index (χ2n) is 5.74. The lowest BCUT2D eigenvalue weighted by Gasteiger charge is -2.22. The molecular formula is C16H23ClN2O. The van der Waals surface area contributed by atoms with Gasteiger partial charge in [-0.25, -0.2) is 0 Å². The number of halogens is 1. The molecule has 1 heterocycles. The van der Waals surface area contributed by atoms with Crippen molar-refractivity contribution < 1.29 is 4.79 Å². The molecule has 0 atom stereocenters. The van der Waals surface area contributed by atoms with E-state index in [1.807, 2.05) is 11.0 Å². The smallest absolute Gasteiger partial charge is 0.253 e. The van der Waals surface area contributed by atoms with Crippen molar-refractivity contribution in [2.45, 2.75) is 32.6 Å². The van der Waals surface area contributed by atoms with Crippen LogP contribution in [0.25, 0.3) is 0 Å². The number of hydrogen-bond acceptors (Lipinski definition) is 2. The molecule has 1 N–H and O–H groups in total. The minimum Gasteiger partial charge on any atom is -0.384 e. The Morgan fingerprint density at radius 3 is 2.90 bits per heavy atom. The molecule has 0 radical (unpaired) electrons. The number of anilines is 1. The predicted molar refractivity (Wildman–Crippen MR) is 84.8 cm³/mol. The molecule has 1 amide bonds. The number of benzene rings is 1. The molecule has 1 aromatic carbocycles. The lowest BCUT2D eigenvalue weighted by molar-refractivity contribution is 0.0747. The first-order chi connectivity index (χ1) is 9.28. The van der Waals surface area contributed by atoms with Crippen molar-refractivity contribution >= 4 is 24.0 Å². The van der Waals surface area contributed by atoms with E-state index in [1.165, 1.54) is 24.1 Å². The van der Waals surface area contributed by atoms with E-state index in [-0.39, 0.29) is 18.3 Å². The predicted octanol–water partition coefficient (Wildman–Crippen LogP) is 3.34. The lowest BCUT2D eigenvalue weighted by Crippen LogP contribution is -2.33. The van der Waals surface area contributed by atoms with Crippen LogP contribution in [0, 0.1) is 5.92 Å². The topological polar surface area (TPSA) is 32.3 Å². The Hall–Kier alpha value is -1.22. The molecule has 110 valence electrons. The summed E-state index contributed by atoms with van der Waals surface area (Å²) < 4.78 is 0. The van der Waals surface area contributed by atoms with Gasteiger partial charge in [0.1, 0.15) is 0 Å². The van der Waals surface area contributed by atoms with Crippen LogP contribution in [0.4, 0.5) is 5.69 Å². The highest BCUT2D eigenvalue weighted by atomic mass is 35.5. The molecule has 0 bridgehead atoms. The number of carbonyl (C=O) groups excluding carboxylic acids is 1. The number of nitrogens with one attached hydrogen (secondary N) is 1. The fourth-order valence-electron chi connectivity index (χ4n) is 2.78. The van der Waals surface area contributed by atoms with Gasteiger partial charge >= 0.3 is 0 Å². The molecule has 0 spiro atoms. The maximum absolute atomic E-state index is 12.6. The zero-order valence-corrected chi connectivity index (χ0v) is 12.8. The average Bonchev–Trinajstić information content (AvgIpc) is 3.11. The molecule has 1 aromatic rings. The van der Waals surface area contributed by atoms with Crippen molar-refractivity contribution in [2.24, 2.45) is 5.92 Å². The van der Waals surface area contributed by atoms with Crippen LogP contribution in [0.1, 0.15) is 42.1 Å². The molecule has 2 aliphatic rings. The van der Waals surface area contributed by atoms with Crippen molar-refractivity contribution in [3.05, 3.63) is 29.3 Å². The summed E-state index contributed by atoms with van der Waals surface area (Å²) in [7, 11) is 0. The van der Waals surface area contributed by atoms with Crippen LogP contribution in [0.5, 0.6) is 0 Å². The van der Waals surface area contributed by atoms with E-state index in [1.54, 1.807) is 0 Å².